The lowest BCUT2D eigenvalue weighted by Gasteiger charge is -2.17. The highest BCUT2D eigenvalue weighted by atomic mass is 79.9. The van der Waals surface area contributed by atoms with Gasteiger partial charge in [-0.15, -0.1) is 0 Å². The van der Waals surface area contributed by atoms with E-state index in [1.807, 2.05) is 24.3 Å². The number of halogens is 1. The quantitative estimate of drug-likeness (QED) is 0.721. The predicted molar refractivity (Wildman–Crippen MR) is 85.0 cm³/mol. The number of thioether (sulfide) groups is 1. The van der Waals surface area contributed by atoms with Crippen LogP contribution in [0.3, 0.4) is 0 Å². The summed E-state index contributed by atoms with van der Waals surface area (Å²) >= 11 is 4.71. The molecule has 3 unspecified atom stereocenters. The molecule has 0 bridgehead atoms. The summed E-state index contributed by atoms with van der Waals surface area (Å²) in [7, 11) is -3.27. The second-order valence-corrected chi connectivity index (χ2v) is 9.14. The summed E-state index contributed by atoms with van der Waals surface area (Å²) in [5.41, 5.74) is 13.8. The molecular weight excluding hydrogens is 362 g/mol. The number of rotatable bonds is 2. The first-order chi connectivity index (χ1) is 9.38. The maximum atomic E-state index is 12.0. The average Bonchev–Trinajstić information content (AvgIpc) is 2.91. The summed E-state index contributed by atoms with van der Waals surface area (Å²) in [6, 6.07) is 7.64. The first-order valence-corrected chi connectivity index (χ1v) is 9.58. The van der Waals surface area contributed by atoms with Crippen molar-refractivity contribution in [3.05, 3.63) is 38.5 Å². The third-order valence-electron chi connectivity index (χ3n) is 3.38. The fourth-order valence-electron chi connectivity index (χ4n) is 2.52. The molecule has 3 rings (SSSR count). The molecule has 0 aromatic heterocycles. The molecule has 1 aromatic rings. The van der Waals surface area contributed by atoms with Gasteiger partial charge in [0.05, 0.1) is 11.5 Å². The molecule has 0 aliphatic carbocycles. The van der Waals surface area contributed by atoms with E-state index in [0.717, 1.165) is 15.6 Å². The predicted octanol–water partition coefficient (Wildman–Crippen LogP) is 1.24. The lowest BCUT2D eigenvalue weighted by Crippen LogP contribution is -2.39. The van der Waals surface area contributed by atoms with Crippen LogP contribution < -0.4 is 16.6 Å². The van der Waals surface area contributed by atoms with Crippen LogP contribution in [0.5, 0.6) is 0 Å². The Balaban J connectivity index is 2.16. The van der Waals surface area contributed by atoms with Gasteiger partial charge < -0.3 is 5.73 Å². The maximum Gasteiger partial charge on any atom is 0.181 e. The molecule has 1 saturated heterocycles. The molecular formula is C12H14BrN3O2S2. The highest BCUT2D eigenvalue weighted by molar-refractivity contribution is 9.10. The first kappa shape index (κ1) is 14.6. The SMILES string of the molecule is CS(=O)(=O)C1=C(c2ccc(Br)cc2)C2C(N)NNC2S1. The molecule has 0 amide bonds. The van der Waals surface area contributed by atoms with Crippen molar-refractivity contribution in [1.29, 1.82) is 0 Å². The summed E-state index contributed by atoms with van der Waals surface area (Å²) in [6.45, 7) is 0. The Morgan fingerprint density at radius 2 is 1.90 bits per heavy atom. The molecule has 2 heterocycles. The Hall–Kier alpha value is -0.380. The van der Waals surface area contributed by atoms with Crippen LogP contribution in [0.15, 0.2) is 33.0 Å². The second kappa shape index (κ2) is 5.11. The van der Waals surface area contributed by atoms with Crippen LogP contribution in [0, 0.1) is 5.92 Å². The van der Waals surface area contributed by atoms with Crippen LogP contribution in [0.25, 0.3) is 5.57 Å². The second-order valence-electron chi connectivity index (χ2n) is 4.86. The van der Waals surface area contributed by atoms with E-state index in [0.29, 0.717) is 4.24 Å². The van der Waals surface area contributed by atoms with Crippen molar-refractivity contribution in [2.75, 3.05) is 6.26 Å². The van der Waals surface area contributed by atoms with Crippen molar-refractivity contribution in [2.24, 2.45) is 11.7 Å². The van der Waals surface area contributed by atoms with Gasteiger partial charge in [-0.05, 0) is 23.3 Å². The third kappa shape index (κ3) is 2.44. The molecule has 2 aliphatic heterocycles. The summed E-state index contributed by atoms with van der Waals surface area (Å²) < 4.78 is 25.5. The summed E-state index contributed by atoms with van der Waals surface area (Å²) in [5, 5.41) is -0.0478. The molecule has 108 valence electrons. The highest BCUT2D eigenvalue weighted by Gasteiger charge is 2.46. The number of nitrogens with one attached hydrogen (secondary N) is 2. The van der Waals surface area contributed by atoms with E-state index < -0.39 is 9.84 Å². The number of hydrogen-bond acceptors (Lipinski definition) is 6. The van der Waals surface area contributed by atoms with Crippen LogP contribution in [-0.2, 0) is 9.84 Å². The Kier molecular flexibility index (Phi) is 3.72. The lowest BCUT2D eigenvalue weighted by molar-refractivity contribution is 0.539. The van der Waals surface area contributed by atoms with Crippen molar-refractivity contribution >= 4 is 43.1 Å². The normalized spacial score (nSPS) is 29.9. The number of fused-ring (bicyclic) bond motifs is 1. The fourth-order valence-corrected chi connectivity index (χ4v) is 5.64. The van der Waals surface area contributed by atoms with Crippen LogP contribution in [-0.4, -0.2) is 26.2 Å². The topological polar surface area (TPSA) is 84.2 Å². The van der Waals surface area contributed by atoms with Crippen molar-refractivity contribution in [3.63, 3.8) is 0 Å². The molecule has 0 saturated carbocycles. The van der Waals surface area contributed by atoms with Gasteiger partial charge in [-0.2, -0.15) is 0 Å². The summed E-state index contributed by atoms with van der Waals surface area (Å²) in [5.74, 6) is -0.0640. The standard InChI is InChI=1S/C12H14BrN3O2S2/c1-20(17,18)12-8(6-2-4-7(13)5-3-6)9-10(14)15-16-11(9)19-12/h2-5,9-11,15-16H,14H2,1H3. The molecule has 1 fully saturated rings. The van der Waals surface area contributed by atoms with E-state index in [9.17, 15) is 8.42 Å². The zero-order valence-electron chi connectivity index (χ0n) is 10.6. The molecule has 3 atom stereocenters. The van der Waals surface area contributed by atoms with Gasteiger partial charge in [-0.1, -0.05) is 39.8 Å². The zero-order valence-corrected chi connectivity index (χ0v) is 13.8. The number of hydrogen-bond donors (Lipinski definition) is 3. The minimum absolute atomic E-state index is 0.0478. The van der Waals surface area contributed by atoms with Gasteiger partial charge in [0.1, 0.15) is 4.24 Å². The van der Waals surface area contributed by atoms with Gasteiger partial charge in [-0.25, -0.2) is 19.3 Å². The van der Waals surface area contributed by atoms with E-state index in [1.165, 1.54) is 18.0 Å². The fraction of sp³-hybridized carbons (Fsp3) is 0.333. The van der Waals surface area contributed by atoms with Crippen molar-refractivity contribution in [3.8, 4) is 0 Å². The van der Waals surface area contributed by atoms with Crippen LogP contribution in [0.2, 0.25) is 0 Å². The third-order valence-corrected chi connectivity index (χ3v) is 7.10. The monoisotopic (exact) mass is 375 g/mol. The van der Waals surface area contributed by atoms with Gasteiger partial charge in [0.2, 0.25) is 0 Å². The van der Waals surface area contributed by atoms with Gasteiger partial charge in [0, 0.05) is 16.6 Å². The zero-order chi connectivity index (χ0) is 14.5. The largest absolute Gasteiger partial charge is 0.314 e. The Bertz CT molecular complexity index is 672. The number of sulfone groups is 1. The average molecular weight is 376 g/mol. The first-order valence-electron chi connectivity index (χ1n) is 6.01. The van der Waals surface area contributed by atoms with Crippen LogP contribution in [0.4, 0.5) is 0 Å². The Morgan fingerprint density at radius 1 is 1.25 bits per heavy atom. The van der Waals surface area contributed by atoms with E-state index in [-0.39, 0.29) is 17.5 Å². The summed E-state index contributed by atoms with van der Waals surface area (Å²) in [4.78, 5) is 0. The van der Waals surface area contributed by atoms with Gasteiger partial charge in [0.25, 0.3) is 0 Å². The molecule has 0 spiro atoms. The Labute approximate surface area is 130 Å². The number of nitrogens with two attached hydrogens (primary N) is 1. The smallest absolute Gasteiger partial charge is 0.181 e. The van der Waals surface area contributed by atoms with Gasteiger partial charge >= 0.3 is 0 Å². The Morgan fingerprint density at radius 3 is 2.50 bits per heavy atom. The molecule has 2 aliphatic rings. The van der Waals surface area contributed by atoms with E-state index in [4.69, 9.17) is 5.73 Å². The number of hydrazine groups is 1. The molecule has 5 nitrogen and oxygen atoms in total. The van der Waals surface area contributed by atoms with Crippen molar-refractivity contribution in [1.82, 2.24) is 10.9 Å². The molecule has 20 heavy (non-hydrogen) atoms. The highest BCUT2D eigenvalue weighted by Crippen LogP contribution is 2.50. The van der Waals surface area contributed by atoms with Crippen molar-refractivity contribution in [2.45, 2.75) is 11.5 Å². The van der Waals surface area contributed by atoms with Crippen LogP contribution in [0.1, 0.15) is 5.56 Å². The van der Waals surface area contributed by atoms with Gasteiger partial charge in [-0.3, -0.25) is 0 Å². The van der Waals surface area contributed by atoms with Gasteiger partial charge in [0.15, 0.2) is 9.84 Å². The molecule has 1 aromatic carbocycles. The molecule has 8 heteroatoms. The minimum Gasteiger partial charge on any atom is -0.314 e. The number of benzene rings is 1. The molecule has 4 N–H and O–H groups in total. The van der Waals surface area contributed by atoms with Crippen LogP contribution >= 0.6 is 27.7 Å². The summed E-state index contributed by atoms with van der Waals surface area (Å²) in [6.07, 6.45) is 0.944. The van der Waals surface area contributed by atoms with E-state index in [1.54, 1.807) is 0 Å². The van der Waals surface area contributed by atoms with E-state index >= 15 is 0 Å². The maximum absolute atomic E-state index is 12.0. The van der Waals surface area contributed by atoms with E-state index in [2.05, 4.69) is 26.8 Å². The minimum atomic E-state index is -3.27. The lowest BCUT2D eigenvalue weighted by atomic mass is 9.92. The molecule has 0 radical (unpaired) electrons. The van der Waals surface area contributed by atoms with Crippen molar-refractivity contribution < 1.29 is 8.42 Å².